The van der Waals surface area contributed by atoms with E-state index in [0.717, 1.165) is 0 Å². The van der Waals surface area contributed by atoms with E-state index in [1.54, 1.807) is 0 Å². The van der Waals surface area contributed by atoms with Crippen LogP contribution < -0.4 is 0 Å². The molecule has 50 valence electrons. The summed E-state index contributed by atoms with van der Waals surface area (Å²) in [5.41, 5.74) is 0. The zero-order valence-corrected chi connectivity index (χ0v) is 5.83. The number of carbonyl (C=O) groups excluding carboxylic acids is 2. The Balaban J connectivity index is 0. The molecule has 0 bridgehead atoms. The predicted octanol–water partition coefficient (Wildman–Crippen LogP) is 0.552. The minimum Gasteiger partial charge on any atom is -0.300 e. The smallest absolute Gasteiger partial charge is 0.137 e. The summed E-state index contributed by atoms with van der Waals surface area (Å²) in [6, 6.07) is 0. The van der Waals surface area contributed by atoms with Crippen molar-refractivity contribution in [2.75, 3.05) is 0 Å². The molecular weight excluding hydrogens is 151 g/mol. The van der Waals surface area contributed by atoms with Gasteiger partial charge in [-0.1, -0.05) is 0 Å². The molecule has 0 rings (SSSR count). The van der Waals surface area contributed by atoms with E-state index in [0.29, 0.717) is 0 Å². The molecule has 0 amide bonds. The van der Waals surface area contributed by atoms with Crippen molar-refractivity contribution in [3.05, 3.63) is 0 Å². The van der Waals surface area contributed by atoms with Crippen molar-refractivity contribution < 1.29 is 26.1 Å². The molecule has 2 nitrogen and oxygen atoms in total. The van der Waals surface area contributed by atoms with Gasteiger partial charge < -0.3 is 0 Å². The maximum absolute atomic E-state index is 10.0. The first-order chi connectivity index (χ1) is 3.13. The van der Waals surface area contributed by atoms with Crippen LogP contribution in [0.15, 0.2) is 0 Å². The van der Waals surface area contributed by atoms with Gasteiger partial charge in [0, 0.05) is 16.5 Å². The molecule has 0 heterocycles. The van der Waals surface area contributed by atoms with Crippen molar-refractivity contribution in [3.8, 4) is 0 Å². The Morgan fingerprint density at radius 2 is 1.38 bits per heavy atom. The number of hydrogen-bond acceptors (Lipinski definition) is 2. The van der Waals surface area contributed by atoms with Gasteiger partial charge in [0.1, 0.15) is 11.6 Å². The second-order valence-electron chi connectivity index (χ2n) is 1.58. The van der Waals surface area contributed by atoms with Crippen molar-refractivity contribution >= 4 is 11.6 Å². The zero-order valence-electron chi connectivity index (χ0n) is 4.84. The summed E-state index contributed by atoms with van der Waals surface area (Å²) >= 11 is 0. The van der Waals surface area contributed by atoms with Gasteiger partial charge in [-0.05, 0) is 13.8 Å². The average molecular weight is 159 g/mol. The van der Waals surface area contributed by atoms with Gasteiger partial charge in [0.15, 0.2) is 0 Å². The Morgan fingerprint density at radius 1 is 1.12 bits per heavy atom. The van der Waals surface area contributed by atoms with E-state index in [9.17, 15) is 9.59 Å². The minimum absolute atomic E-state index is 0. The van der Waals surface area contributed by atoms with Gasteiger partial charge in [-0.25, -0.2) is 0 Å². The first-order valence-electron chi connectivity index (χ1n) is 2.12. The van der Waals surface area contributed by atoms with Crippen LogP contribution in [0.5, 0.6) is 0 Å². The maximum atomic E-state index is 10.0. The molecule has 0 aliphatic carbocycles. The van der Waals surface area contributed by atoms with Gasteiger partial charge in [0.05, 0.1) is 6.42 Å². The number of carbonyl (C=O) groups is 2. The summed E-state index contributed by atoms with van der Waals surface area (Å²) in [5.74, 6) is -0.125. The van der Waals surface area contributed by atoms with Gasteiger partial charge in [-0.2, -0.15) is 0 Å². The standard InChI is InChI=1S/C5H8O2.Ni/c1-4(6)3-5(2)7;/h3H2,1-2H3;. The number of Topliss-reactive ketones (excluding diaryl/α,β-unsaturated/α-hetero) is 2. The van der Waals surface area contributed by atoms with Crippen LogP contribution in [0, 0.1) is 0 Å². The minimum atomic E-state index is -0.0625. The SMILES string of the molecule is CC(=O)CC(C)=O.[Ni]. The first kappa shape index (κ1) is 10.7. The molecule has 0 aromatic heterocycles. The van der Waals surface area contributed by atoms with Crippen LogP contribution in [0.4, 0.5) is 0 Å². The first-order valence-corrected chi connectivity index (χ1v) is 2.12. The van der Waals surface area contributed by atoms with E-state index in [1.807, 2.05) is 0 Å². The van der Waals surface area contributed by atoms with Gasteiger partial charge in [-0.3, -0.25) is 9.59 Å². The van der Waals surface area contributed by atoms with Gasteiger partial charge in [0.25, 0.3) is 0 Å². The Morgan fingerprint density at radius 3 is 1.38 bits per heavy atom. The Kier molecular flexibility index (Phi) is 6.69. The summed E-state index contributed by atoms with van der Waals surface area (Å²) in [6.45, 7) is 2.81. The molecule has 0 N–H and O–H groups in total. The van der Waals surface area contributed by atoms with E-state index >= 15 is 0 Å². The van der Waals surface area contributed by atoms with Crippen molar-refractivity contribution in [1.82, 2.24) is 0 Å². The largest absolute Gasteiger partial charge is 0.300 e. The molecule has 0 aliphatic rings. The van der Waals surface area contributed by atoms with Crippen LogP contribution in [0.2, 0.25) is 0 Å². The molecule has 0 saturated carbocycles. The fourth-order valence-corrected chi connectivity index (χ4v) is 0.351. The molecule has 0 radical (unpaired) electrons. The molecule has 0 unspecified atom stereocenters. The van der Waals surface area contributed by atoms with E-state index in [4.69, 9.17) is 0 Å². The van der Waals surface area contributed by atoms with Gasteiger partial charge in [-0.15, -0.1) is 0 Å². The van der Waals surface area contributed by atoms with Crippen LogP contribution >= 0.6 is 0 Å². The summed E-state index contributed by atoms with van der Waals surface area (Å²) < 4.78 is 0. The fourth-order valence-electron chi connectivity index (χ4n) is 0.351. The van der Waals surface area contributed by atoms with Crippen molar-refractivity contribution in [2.24, 2.45) is 0 Å². The van der Waals surface area contributed by atoms with Gasteiger partial charge in [0.2, 0.25) is 0 Å². The third-order valence-corrected chi connectivity index (χ3v) is 0.498. The monoisotopic (exact) mass is 158 g/mol. The number of ketones is 2. The summed E-state index contributed by atoms with van der Waals surface area (Å²) in [5, 5.41) is 0. The molecule has 0 aromatic rings. The third-order valence-electron chi connectivity index (χ3n) is 0.498. The molecule has 0 aromatic carbocycles. The Hall–Kier alpha value is -0.166. The van der Waals surface area contributed by atoms with Crippen molar-refractivity contribution in [1.29, 1.82) is 0 Å². The average Bonchev–Trinajstić information content (AvgIpc) is 1.27. The molecule has 3 heteroatoms. The molecule has 0 fully saturated rings. The summed E-state index contributed by atoms with van der Waals surface area (Å²) in [6.07, 6.45) is 0.0833. The van der Waals surface area contributed by atoms with E-state index in [-0.39, 0.29) is 34.5 Å². The zero-order chi connectivity index (χ0) is 5.86. The molecule has 0 saturated heterocycles. The van der Waals surface area contributed by atoms with Crippen LogP contribution in [-0.2, 0) is 26.1 Å². The predicted molar refractivity (Wildman–Crippen MR) is 26.0 cm³/mol. The van der Waals surface area contributed by atoms with Crippen LogP contribution in [0.3, 0.4) is 0 Å². The summed E-state index contributed by atoms with van der Waals surface area (Å²) in [4.78, 5) is 20.1. The maximum Gasteiger partial charge on any atom is 0.137 e. The molecule has 0 aliphatic heterocycles. The van der Waals surface area contributed by atoms with E-state index < -0.39 is 0 Å². The van der Waals surface area contributed by atoms with E-state index in [2.05, 4.69) is 0 Å². The summed E-state index contributed by atoms with van der Waals surface area (Å²) in [7, 11) is 0. The number of hydrogen-bond donors (Lipinski definition) is 0. The Labute approximate surface area is 58.6 Å². The third kappa shape index (κ3) is 9.27. The van der Waals surface area contributed by atoms with Gasteiger partial charge >= 0.3 is 0 Å². The number of rotatable bonds is 2. The second-order valence-corrected chi connectivity index (χ2v) is 1.58. The topological polar surface area (TPSA) is 34.1 Å². The van der Waals surface area contributed by atoms with E-state index in [1.165, 1.54) is 13.8 Å². The molecule has 8 heavy (non-hydrogen) atoms. The van der Waals surface area contributed by atoms with Crippen LogP contribution in [0.1, 0.15) is 20.3 Å². The normalized spacial score (nSPS) is 7.25. The Bertz CT molecular complexity index is 86.6. The second kappa shape index (κ2) is 4.98. The van der Waals surface area contributed by atoms with Crippen LogP contribution in [-0.4, -0.2) is 11.6 Å². The van der Waals surface area contributed by atoms with Crippen molar-refractivity contribution in [2.45, 2.75) is 20.3 Å². The molecular formula is C5H8NiO2. The van der Waals surface area contributed by atoms with Crippen LogP contribution in [0.25, 0.3) is 0 Å². The fraction of sp³-hybridized carbons (Fsp3) is 0.600. The molecule has 0 spiro atoms. The quantitative estimate of drug-likeness (QED) is 0.435. The molecule has 0 atom stereocenters. The van der Waals surface area contributed by atoms with Crippen molar-refractivity contribution in [3.63, 3.8) is 0 Å².